The van der Waals surface area contributed by atoms with E-state index in [0.29, 0.717) is 43.5 Å². The fraction of sp³-hybridized carbons (Fsp3) is 0.333. The Labute approximate surface area is 178 Å². The molecule has 1 saturated heterocycles. The number of anilines is 1. The van der Waals surface area contributed by atoms with Crippen molar-refractivity contribution < 1.29 is 33.5 Å². The maximum absolute atomic E-state index is 12.7. The predicted molar refractivity (Wildman–Crippen MR) is 110 cm³/mol. The summed E-state index contributed by atoms with van der Waals surface area (Å²) in [7, 11) is 2.92. The highest BCUT2D eigenvalue weighted by molar-refractivity contribution is 6.01. The number of nitro benzene ring substituents is 1. The summed E-state index contributed by atoms with van der Waals surface area (Å²) in [5.74, 6) is -0.442. The quantitative estimate of drug-likeness (QED) is 0.269. The molecule has 31 heavy (non-hydrogen) atoms. The first-order chi connectivity index (χ1) is 14.9. The van der Waals surface area contributed by atoms with Gasteiger partial charge in [-0.05, 0) is 24.3 Å². The van der Waals surface area contributed by atoms with E-state index in [0.717, 1.165) is 6.07 Å². The standard InChI is InChI=1S/C21H22N2O8/c1-28-19-6-3-14(11-20(19)29-2)18(24)13-31-21(25)16-12-15(23(26)27)4-5-17(16)22-7-9-30-10-8-22/h3-6,11-12H,7-10,13H2,1-2H3. The number of nitrogens with zero attached hydrogens (tertiary/aromatic N) is 2. The molecule has 0 aliphatic carbocycles. The molecule has 2 aromatic carbocycles. The van der Waals surface area contributed by atoms with Gasteiger partial charge in [-0.1, -0.05) is 0 Å². The molecule has 1 heterocycles. The number of ketones is 1. The van der Waals surface area contributed by atoms with Crippen LogP contribution in [0.4, 0.5) is 11.4 Å². The van der Waals surface area contributed by atoms with Crippen molar-refractivity contribution in [1.82, 2.24) is 0 Å². The van der Waals surface area contributed by atoms with Crippen LogP contribution in [-0.2, 0) is 9.47 Å². The van der Waals surface area contributed by atoms with Crippen molar-refractivity contribution in [2.24, 2.45) is 0 Å². The fourth-order valence-electron chi connectivity index (χ4n) is 3.18. The van der Waals surface area contributed by atoms with Gasteiger partial charge in [-0.2, -0.15) is 0 Å². The maximum Gasteiger partial charge on any atom is 0.340 e. The molecule has 0 unspecified atom stereocenters. The number of hydrogen-bond donors (Lipinski definition) is 0. The lowest BCUT2D eigenvalue weighted by atomic mass is 10.1. The van der Waals surface area contributed by atoms with Crippen LogP contribution in [0.3, 0.4) is 0 Å². The molecule has 1 aliphatic heterocycles. The molecule has 3 rings (SSSR count). The molecular formula is C21H22N2O8. The van der Waals surface area contributed by atoms with Crippen molar-refractivity contribution in [3.05, 3.63) is 57.6 Å². The summed E-state index contributed by atoms with van der Waals surface area (Å²) in [5.41, 5.74) is 0.557. The molecule has 0 saturated carbocycles. The van der Waals surface area contributed by atoms with Crippen LogP contribution in [0.1, 0.15) is 20.7 Å². The van der Waals surface area contributed by atoms with E-state index in [2.05, 4.69) is 0 Å². The molecule has 0 bridgehead atoms. The van der Waals surface area contributed by atoms with Crippen molar-refractivity contribution in [1.29, 1.82) is 0 Å². The first-order valence-electron chi connectivity index (χ1n) is 9.48. The molecule has 0 atom stereocenters. The molecule has 0 amide bonds. The number of Topliss-reactive ketones (excluding diaryl/α,β-unsaturated/α-hetero) is 1. The number of carbonyl (C=O) groups excluding carboxylic acids is 2. The largest absolute Gasteiger partial charge is 0.493 e. The minimum absolute atomic E-state index is 0.0243. The first kappa shape index (κ1) is 22.0. The third kappa shape index (κ3) is 5.10. The van der Waals surface area contributed by atoms with Gasteiger partial charge in [0.15, 0.2) is 23.9 Å². The Hall–Kier alpha value is -3.66. The molecule has 1 fully saturated rings. The number of esters is 1. The molecule has 10 nitrogen and oxygen atoms in total. The second kappa shape index (κ2) is 9.90. The summed E-state index contributed by atoms with van der Waals surface area (Å²) in [6.07, 6.45) is 0. The maximum atomic E-state index is 12.7. The van der Waals surface area contributed by atoms with E-state index >= 15 is 0 Å². The zero-order valence-corrected chi connectivity index (χ0v) is 17.2. The Morgan fingerprint density at radius 2 is 1.77 bits per heavy atom. The van der Waals surface area contributed by atoms with Gasteiger partial charge in [0.05, 0.1) is 43.6 Å². The van der Waals surface area contributed by atoms with Crippen molar-refractivity contribution in [2.45, 2.75) is 0 Å². The van der Waals surface area contributed by atoms with Gasteiger partial charge in [0.2, 0.25) is 0 Å². The molecular weight excluding hydrogens is 408 g/mol. The van der Waals surface area contributed by atoms with Crippen molar-refractivity contribution in [2.75, 3.05) is 52.0 Å². The van der Waals surface area contributed by atoms with Crippen LogP contribution >= 0.6 is 0 Å². The van der Waals surface area contributed by atoms with Crippen molar-refractivity contribution >= 4 is 23.1 Å². The summed E-state index contributed by atoms with van der Waals surface area (Å²) in [5, 5.41) is 11.2. The van der Waals surface area contributed by atoms with Crippen LogP contribution in [0.2, 0.25) is 0 Å². The zero-order chi connectivity index (χ0) is 22.4. The normalized spacial score (nSPS) is 13.4. The van der Waals surface area contributed by atoms with E-state index in [4.69, 9.17) is 18.9 Å². The number of nitro groups is 1. The summed E-state index contributed by atoms with van der Waals surface area (Å²) < 4.78 is 20.8. The van der Waals surface area contributed by atoms with Gasteiger partial charge in [0, 0.05) is 30.8 Å². The third-order valence-electron chi connectivity index (χ3n) is 4.80. The highest BCUT2D eigenvalue weighted by Crippen LogP contribution is 2.29. The molecule has 164 valence electrons. The van der Waals surface area contributed by atoms with Crippen LogP contribution in [0.5, 0.6) is 11.5 Å². The summed E-state index contributed by atoms with van der Waals surface area (Å²) in [4.78, 5) is 37.7. The average Bonchev–Trinajstić information content (AvgIpc) is 2.81. The Morgan fingerprint density at radius 3 is 2.42 bits per heavy atom. The van der Waals surface area contributed by atoms with Crippen LogP contribution < -0.4 is 14.4 Å². The monoisotopic (exact) mass is 430 g/mol. The lowest BCUT2D eigenvalue weighted by Gasteiger charge is -2.30. The number of ether oxygens (including phenoxy) is 4. The minimum atomic E-state index is -0.820. The highest BCUT2D eigenvalue weighted by Gasteiger charge is 2.24. The smallest absolute Gasteiger partial charge is 0.340 e. The van der Waals surface area contributed by atoms with Crippen LogP contribution in [-0.4, -0.2) is 63.8 Å². The fourth-order valence-corrected chi connectivity index (χ4v) is 3.18. The van der Waals surface area contributed by atoms with E-state index in [1.807, 2.05) is 4.90 Å². The molecule has 0 N–H and O–H groups in total. The average molecular weight is 430 g/mol. The van der Waals surface area contributed by atoms with E-state index in [9.17, 15) is 19.7 Å². The summed E-state index contributed by atoms with van der Waals surface area (Å²) in [6.45, 7) is 1.48. The predicted octanol–water partition coefficient (Wildman–Crippen LogP) is 2.49. The lowest BCUT2D eigenvalue weighted by Crippen LogP contribution is -2.37. The molecule has 0 radical (unpaired) electrons. The SMILES string of the molecule is COc1ccc(C(=O)COC(=O)c2cc([N+](=O)[O-])ccc2N2CCOCC2)cc1OC. The van der Waals surface area contributed by atoms with E-state index in [1.54, 1.807) is 6.07 Å². The summed E-state index contributed by atoms with van der Waals surface area (Å²) in [6, 6.07) is 8.59. The number of non-ortho nitro benzene ring substituents is 1. The van der Waals surface area contributed by atoms with E-state index in [-0.39, 0.29) is 16.8 Å². The molecule has 2 aromatic rings. The number of rotatable bonds is 8. The van der Waals surface area contributed by atoms with Crippen molar-refractivity contribution in [3.63, 3.8) is 0 Å². The Bertz CT molecular complexity index is 985. The Kier molecular flexibility index (Phi) is 7.03. The summed E-state index contributed by atoms with van der Waals surface area (Å²) >= 11 is 0. The highest BCUT2D eigenvalue weighted by atomic mass is 16.6. The van der Waals surface area contributed by atoms with Gasteiger partial charge >= 0.3 is 5.97 Å². The number of benzene rings is 2. The van der Waals surface area contributed by atoms with Crippen LogP contribution in [0.25, 0.3) is 0 Å². The first-order valence-corrected chi connectivity index (χ1v) is 9.48. The van der Waals surface area contributed by atoms with Gasteiger partial charge < -0.3 is 23.8 Å². The number of methoxy groups -OCH3 is 2. The van der Waals surface area contributed by atoms with Crippen LogP contribution in [0.15, 0.2) is 36.4 Å². The van der Waals surface area contributed by atoms with E-state index < -0.39 is 23.3 Å². The second-order valence-corrected chi connectivity index (χ2v) is 6.63. The lowest BCUT2D eigenvalue weighted by molar-refractivity contribution is -0.384. The number of morpholine rings is 1. The Balaban J connectivity index is 1.78. The third-order valence-corrected chi connectivity index (χ3v) is 4.80. The minimum Gasteiger partial charge on any atom is -0.493 e. The molecule has 0 aromatic heterocycles. The van der Waals surface area contributed by atoms with Gasteiger partial charge in [0.25, 0.3) is 5.69 Å². The number of hydrogen-bond acceptors (Lipinski definition) is 9. The van der Waals surface area contributed by atoms with Gasteiger partial charge in [-0.25, -0.2) is 4.79 Å². The molecule has 10 heteroatoms. The molecule has 1 aliphatic rings. The number of carbonyl (C=O) groups is 2. The van der Waals surface area contributed by atoms with Gasteiger partial charge in [-0.15, -0.1) is 0 Å². The van der Waals surface area contributed by atoms with Gasteiger partial charge in [-0.3, -0.25) is 14.9 Å². The molecule has 0 spiro atoms. The van der Waals surface area contributed by atoms with Crippen LogP contribution in [0, 0.1) is 10.1 Å². The topological polar surface area (TPSA) is 117 Å². The van der Waals surface area contributed by atoms with Crippen molar-refractivity contribution in [3.8, 4) is 11.5 Å². The second-order valence-electron chi connectivity index (χ2n) is 6.63. The van der Waals surface area contributed by atoms with Gasteiger partial charge in [0.1, 0.15) is 0 Å². The zero-order valence-electron chi connectivity index (χ0n) is 17.2. The Morgan fingerprint density at radius 1 is 1.06 bits per heavy atom. The van der Waals surface area contributed by atoms with E-state index in [1.165, 1.54) is 38.5 Å².